The molecule has 3 N–H and O–H groups in total. The lowest BCUT2D eigenvalue weighted by Gasteiger charge is -2.30. The minimum atomic E-state index is -0.525. The Morgan fingerprint density at radius 3 is 2.50 bits per heavy atom. The third-order valence-electron chi connectivity index (χ3n) is 4.50. The standard InChI is InChI=1S/C19H30N4O3/c1-15-6-5-13-23(14-15)12-4-3-11-20-18(24)21-16-7-9-17(10-8-16)22-19(25)26-2/h7-10,15H,3-6,11-14H2,1-2H3,(H,22,25)(H2,20,21,24). The Labute approximate surface area is 155 Å². The zero-order valence-electron chi connectivity index (χ0n) is 15.7. The number of nitrogens with zero attached hydrogens (tertiary/aromatic N) is 1. The van der Waals surface area contributed by atoms with Gasteiger partial charge in [-0.1, -0.05) is 6.92 Å². The summed E-state index contributed by atoms with van der Waals surface area (Å²) in [5.41, 5.74) is 1.27. The Morgan fingerprint density at radius 2 is 1.85 bits per heavy atom. The van der Waals surface area contributed by atoms with Crippen molar-refractivity contribution in [2.75, 3.05) is 43.9 Å². The van der Waals surface area contributed by atoms with Crippen molar-refractivity contribution in [3.05, 3.63) is 24.3 Å². The first-order valence-corrected chi connectivity index (χ1v) is 9.29. The highest BCUT2D eigenvalue weighted by Gasteiger charge is 2.15. The van der Waals surface area contributed by atoms with E-state index in [2.05, 4.69) is 32.5 Å². The number of likely N-dealkylation sites (tertiary alicyclic amines) is 1. The first kappa shape index (κ1) is 20.0. The normalized spacial score (nSPS) is 17.4. The highest BCUT2D eigenvalue weighted by atomic mass is 16.5. The number of ether oxygens (including phenoxy) is 1. The predicted octanol–water partition coefficient (Wildman–Crippen LogP) is 3.50. The predicted molar refractivity (Wildman–Crippen MR) is 104 cm³/mol. The van der Waals surface area contributed by atoms with Gasteiger partial charge >= 0.3 is 12.1 Å². The molecule has 0 bridgehead atoms. The van der Waals surface area contributed by atoms with Crippen molar-refractivity contribution in [1.82, 2.24) is 10.2 Å². The molecule has 1 saturated heterocycles. The lowest BCUT2D eigenvalue weighted by atomic mass is 10.0. The van der Waals surface area contributed by atoms with Gasteiger partial charge in [0.15, 0.2) is 0 Å². The molecule has 1 aliphatic heterocycles. The fraction of sp³-hybridized carbons (Fsp3) is 0.579. The minimum Gasteiger partial charge on any atom is -0.453 e. The number of anilines is 2. The van der Waals surface area contributed by atoms with Gasteiger partial charge in [0.05, 0.1) is 7.11 Å². The second kappa shape index (κ2) is 10.7. The van der Waals surface area contributed by atoms with Crippen molar-refractivity contribution >= 4 is 23.5 Å². The number of hydrogen-bond acceptors (Lipinski definition) is 4. The third-order valence-corrected chi connectivity index (χ3v) is 4.50. The van der Waals surface area contributed by atoms with E-state index in [1.165, 1.54) is 33.0 Å². The van der Waals surface area contributed by atoms with E-state index in [9.17, 15) is 9.59 Å². The molecule has 1 heterocycles. The van der Waals surface area contributed by atoms with Crippen molar-refractivity contribution in [1.29, 1.82) is 0 Å². The van der Waals surface area contributed by atoms with E-state index >= 15 is 0 Å². The van der Waals surface area contributed by atoms with Gasteiger partial charge in [-0.3, -0.25) is 5.32 Å². The van der Waals surface area contributed by atoms with Crippen LogP contribution in [0.5, 0.6) is 0 Å². The van der Waals surface area contributed by atoms with E-state index in [1.807, 2.05) is 0 Å². The summed E-state index contributed by atoms with van der Waals surface area (Å²) < 4.78 is 4.52. The molecular weight excluding hydrogens is 332 g/mol. The third kappa shape index (κ3) is 7.31. The molecule has 3 amide bonds. The van der Waals surface area contributed by atoms with Gasteiger partial charge in [-0.05, 0) is 69.0 Å². The monoisotopic (exact) mass is 362 g/mol. The quantitative estimate of drug-likeness (QED) is 0.648. The molecule has 0 saturated carbocycles. The number of benzene rings is 1. The molecule has 7 heteroatoms. The highest BCUT2D eigenvalue weighted by molar-refractivity contribution is 5.90. The molecule has 0 radical (unpaired) electrons. The molecule has 0 spiro atoms. The van der Waals surface area contributed by atoms with Gasteiger partial charge in [0.25, 0.3) is 0 Å². The maximum absolute atomic E-state index is 11.9. The number of amides is 3. The summed E-state index contributed by atoms with van der Waals surface area (Å²) in [6.45, 7) is 6.50. The number of methoxy groups -OCH3 is 1. The molecule has 1 fully saturated rings. The van der Waals surface area contributed by atoms with Crippen LogP contribution in [-0.2, 0) is 4.74 Å². The Bertz CT molecular complexity index is 577. The van der Waals surface area contributed by atoms with Crippen LogP contribution in [0.25, 0.3) is 0 Å². The van der Waals surface area contributed by atoms with Crippen molar-refractivity contribution in [3.63, 3.8) is 0 Å². The molecule has 1 aliphatic rings. The summed E-state index contributed by atoms with van der Waals surface area (Å²) >= 11 is 0. The van der Waals surface area contributed by atoms with Crippen molar-refractivity contribution in [3.8, 4) is 0 Å². The smallest absolute Gasteiger partial charge is 0.411 e. The summed E-state index contributed by atoms with van der Waals surface area (Å²) in [7, 11) is 1.31. The molecule has 1 aromatic carbocycles. The van der Waals surface area contributed by atoms with Crippen LogP contribution in [0.1, 0.15) is 32.6 Å². The van der Waals surface area contributed by atoms with Crippen LogP contribution in [0.4, 0.5) is 21.0 Å². The second-order valence-electron chi connectivity index (χ2n) is 6.83. The van der Waals surface area contributed by atoms with Crippen LogP contribution < -0.4 is 16.0 Å². The molecule has 7 nitrogen and oxygen atoms in total. The summed E-state index contributed by atoms with van der Waals surface area (Å²) in [5.74, 6) is 0.807. The zero-order chi connectivity index (χ0) is 18.8. The molecule has 1 aromatic rings. The van der Waals surface area contributed by atoms with E-state index in [0.29, 0.717) is 17.9 Å². The number of urea groups is 1. The summed E-state index contributed by atoms with van der Waals surface area (Å²) in [6, 6.07) is 6.63. The van der Waals surface area contributed by atoms with E-state index in [-0.39, 0.29) is 6.03 Å². The van der Waals surface area contributed by atoms with Crippen LogP contribution in [0.2, 0.25) is 0 Å². The molecule has 1 unspecified atom stereocenters. The van der Waals surface area contributed by atoms with Gasteiger partial charge in [0, 0.05) is 24.5 Å². The first-order chi connectivity index (χ1) is 12.6. The molecule has 0 aliphatic carbocycles. The Kier molecular flexibility index (Phi) is 8.21. The Balaban J connectivity index is 1.59. The number of nitrogens with one attached hydrogen (secondary N) is 3. The topological polar surface area (TPSA) is 82.7 Å². The lowest BCUT2D eigenvalue weighted by molar-refractivity contribution is 0.181. The number of rotatable bonds is 7. The van der Waals surface area contributed by atoms with Gasteiger partial charge in [0.2, 0.25) is 0 Å². The maximum Gasteiger partial charge on any atom is 0.411 e. The van der Waals surface area contributed by atoms with E-state index in [0.717, 1.165) is 25.3 Å². The van der Waals surface area contributed by atoms with Crippen LogP contribution in [0, 0.1) is 5.92 Å². The van der Waals surface area contributed by atoms with Gasteiger partial charge in [0.1, 0.15) is 0 Å². The van der Waals surface area contributed by atoms with Gasteiger partial charge in [-0.15, -0.1) is 0 Å². The number of piperidine rings is 1. The Hall–Kier alpha value is -2.28. The summed E-state index contributed by atoms with van der Waals surface area (Å²) in [5, 5.41) is 8.21. The zero-order valence-corrected chi connectivity index (χ0v) is 15.7. The number of unbranched alkanes of at least 4 members (excludes halogenated alkanes) is 1. The fourth-order valence-corrected chi connectivity index (χ4v) is 3.13. The SMILES string of the molecule is COC(=O)Nc1ccc(NC(=O)NCCCCN2CCCC(C)C2)cc1. The Morgan fingerprint density at radius 1 is 1.15 bits per heavy atom. The molecule has 26 heavy (non-hydrogen) atoms. The molecule has 0 aromatic heterocycles. The second-order valence-corrected chi connectivity index (χ2v) is 6.83. The molecule has 2 rings (SSSR count). The van der Waals surface area contributed by atoms with Crippen molar-refractivity contribution in [2.24, 2.45) is 5.92 Å². The van der Waals surface area contributed by atoms with Gasteiger partial charge in [-0.2, -0.15) is 0 Å². The average molecular weight is 362 g/mol. The van der Waals surface area contributed by atoms with E-state index < -0.39 is 6.09 Å². The molecular formula is C19H30N4O3. The number of hydrogen-bond donors (Lipinski definition) is 3. The largest absolute Gasteiger partial charge is 0.453 e. The van der Waals surface area contributed by atoms with Gasteiger partial charge < -0.3 is 20.3 Å². The number of carbonyl (C=O) groups excluding carboxylic acids is 2. The highest BCUT2D eigenvalue weighted by Crippen LogP contribution is 2.16. The lowest BCUT2D eigenvalue weighted by Crippen LogP contribution is -2.35. The van der Waals surface area contributed by atoms with Crippen LogP contribution in [-0.4, -0.2) is 50.3 Å². The summed E-state index contributed by atoms with van der Waals surface area (Å²) in [6.07, 6.45) is 4.19. The first-order valence-electron chi connectivity index (χ1n) is 9.29. The minimum absolute atomic E-state index is 0.217. The maximum atomic E-state index is 11.9. The van der Waals surface area contributed by atoms with Crippen molar-refractivity contribution in [2.45, 2.75) is 32.6 Å². The van der Waals surface area contributed by atoms with Crippen LogP contribution >= 0.6 is 0 Å². The van der Waals surface area contributed by atoms with E-state index in [4.69, 9.17) is 0 Å². The van der Waals surface area contributed by atoms with E-state index in [1.54, 1.807) is 24.3 Å². The molecule has 1 atom stereocenters. The average Bonchev–Trinajstić information content (AvgIpc) is 2.63. The van der Waals surface area contributed by atoms with Crippen LogP contribution in [0.15, 0.2) is 24.3 Å². The fourth-order valence-electron chi connectivity index (χ4n) is 3.13. The molecule has 144 valence electrons. The number of carbonyl (C=O) groups is 2. The van der Waals surface area contributed by atoms with Crippen molar-refractivity contribution < 1.29 is 14.3 Å². The van der Waals surface area contributed by atoms with Gasteiger partial charge in [-0.25, -0.2) is 9.59 Å². The summed E-state index contributed by atoms with van der Waals surface area (Å²) in [4.78, 5) is 25.5. The van der Waals surface area contributed by atoms with Crippen LogP contribution in [0.3, 0.4) is 0 Å².